The number of carbonyl (C=O) groups is 1. The Bertz CT molecular complexity index is 305. The van der Waals surface area contributed by atoms with Gasteiger partial charge in [0.25, 0.3) is 0 Å². The van der Waals surface area contributed by atoms with Crippen LogP contribution in [0.15, 0.2) is 16.7 Å². The van der Waals surface area contributed by atoms with Gasteiger partial charge in [0.15, 0.2) is 0 Å². The standard InChI is InChI=1S/C8H9NO3/c1-5-2-3-11-7(5)6-4-12-8(10)9-6/h2-3,6H,4H2,1H3,(H,9,10). The number of furan rings is 1. The smallest absolute Gasteiger partial charge is 0.407 e. The van der Waals surface area contributed by atoms with Gasteiger partial charge in [0.05, 0.1) is 6.26 Å². The lowest BCUT2D eigenvalue weighted by molar-refractivity contribution is 0.176. The summed E-state index contributed by atoms with van der Waals surface area (Å²) in [4.78, 5) is 10.7. The Morgan fingerprint density at radius 2 is 2.50 bits per heavy atom. The van der Waals surface area contributed by atoms with Crippen molar-refractivity contribution < 1.29 is 13.9 Å². The Kier molecular flexibility index (Phi) is 1.53. The van der Waals surface area contributed by atoms with Crippen LogP contribution in [0.5, 0.6) is 0 Å². The fraction of sp³-hybridized carbons (Fsp3) is 0.375. The summed E-state index contributed by atoms with van der Waals surface area (Å²) in [7, 11) is 0. The highest BCUT2D eigenvalue weighted by Crippen LogP contribution is 2.21. The molecule has 1 aliphatic rings. The number of aryl methyl sites for hydroxylation is 1. The first-order valence-electron chi connectivity index (χ1n) is 3.74. The molecular weight excluding hydrogens is 158 g/mol. The molecule has 2 rings (SSSR count). The number of nitrogens with one attached hydrogen (secondary N) is 1. The van der Waals surface area contributed by atoms with Gasteiger partial charge in [-0.1, -0.05) is 0 Å². The number of alkyl carbamates (subject to hydrolysis) is 1. The van der Waals surface area contributed by atoms with Crippen molar-refractivity contribution in [2.45, 2.75) is 13.0 Å². The minimum Gasteiger partial charge on any atom is -0.467 e. The van der Waals surface area contributed by atoms with Crippen LogP contribution in [0.25, 0.3) is 0 Å². The topological polar surface area (TPSA) is 51.5 Å². The lowest BCUT2D eigenvalue weighted by Crippen LogP contribution is -2.18. The lowest BCUT2D eigenvalue weighted by atomic mass is 10.2. The molecule has 64 valence electrons. The molecule has 1 unspecified atom stereocenters. The maximum absolute atomic E-state index is 10.7. The van der Waals surface area contributed by atoms with E-state index in [0.29, 0.717) is 6.61 Å². The molecular formula is C8H9NO3. The van der Waals surface area contributed by atoms with Crippen molar-refractivity contribution >= 4 is 6.09 Å². The highest BCUT2D eigenvalue weighted by Gasteiger charge is 2.27. The molecule has 1 amide bonds. The van der Waals surface area contributed by atoms with E-state index in [2.05, 4.69) is 5.32 Å². The quantitative estimate of drug-likeness (QED) is 0.687. The van der Waals surface area contributed by atoms with Gasteiger partial charge in [0.1, 0.15) is 18.4 Å². The van der Waals surface area contributed by atoms with Crippen molar-refractivity contribution in [3.05, 3.63) is 23.7 Å². The van der Waals surface area contributed by atoms with Crippen LogP contribution in [-0.2, 0) is 4.74 Å². The van der Waals surface area contributed by atoms with Gasteiger partial charge in [-0.3, -0.25) is 0 Å². The van der Waals surface area contributed by atoms with E-state index in [-0.39, 0.29) is 12.1 Å². The molecule has 12 heavy (non-hydrogen) atoms. The average Bonchev–Trinajstić information content (AvgIpc) is 2.58. The first kappa shape index (κ1) is 7.21. The van der Waals surface area contributed by atoms with Crippen LogP contribution >= 0.6 is 0 Å². The van der Waals surface area contributed by atoms with E-state index >= 15 is 0 Å². The van der Waals surface area contributed by atoms with Gasteiger partial charge in [-0.15, -0.1) is 0 Å². The molecule has 2 heterocycles. The summed E-state index contributed by atoms with van der Waals surface area (Å²) in [6, 6.07) is 1.74. The Hall–Kier alpha value is -1.45. The molecule has 0 saturated carbocycles. The van der Waals surface area contributed by atoms with Crippen molar-refractivity contribution in [3.63, 3.8) is 0 Å². The Balaban J connectivity index is 2.21. The van der Waals surface area contributed by atoms with Gasteiger partial charge >= 0.3 is 6.09 Å². The molecule has 1 fully saturated rings. The van der Waals surface area contributed by atoms with Gasteiger partial charge in [-0.25, -0.2) is 4.79 Å². The minimum atomic E-state index is -0.379. The largest absolute Gasteiger partial charge is 0.467 e. The molecule has 0 bridgehead atoms. The SMILES string of the molecule is Cc1ccoc1C1COC(=O)N1. The number of hydrogen-bond donors (Lipinski definition) is 1. The summed E-state index contributed by atoms with van der Waals surface area (Å²) in [6.45, 7) is 2.29. The lowest BCUT2D eigenvalue weighted by Gasteiger charge is -2.03. The van der Waals surface area contributed by atoms with E-state index in [4.69, 9.17) is 9.15 Å². The summed E-state index contributed by atoms with van der Waals surface area (Å²) in [5.41, 5.74) is 1.03. The molecule has 1 aromatic rings. The summed E-state index contributed by atoms with van der Waals surface area (Å²) >= 11 is 0. The maximum atomic E-state index is 10.7. The van der Waals surface area contributed by atoms with Gasteiger partial charge in [-0.05, 0) is 18.6 Å². The predicted octanol–water partition coefficient (Wildman–Crippen LogP) is 1.37. The Morgan fingerprint density at radius 3 is 3.00 bits per heavy atom. The molecule has 1 aromatic heterocycles. The van der Waals surface area contributed by atoms with E-state index < -0.39 is 0 Å². The summed E-state index contributed by atoms with van der Waals surface area (Å²) in [5.74, 6) is 0.779. The summed E-state index contributed by atoms with van der Waals surface area (Å²) < 4.78 is 9.94. The maximum Gasteiger partial charge on any atom is 0.407 e. The summed E-state index contributed by atoms with van der Waals surface area (Å²) in [5, 5.41) is 2.64. The van der Waals surface area contributed by atoms with Crippen LogP contribution in [0.4, 0.5) is 4.79 Å². The molecule has 1 atom stereocenters. The van der Waals surface area contributed by atoms with E-state index in [1.807, 2.05) is 13.0 Å². The molecule has 0 spiro atoms. The highest BCUT2D eigenvalue weighted by atomic mass is 16.6. The normalized spacial score (nSPS) is 22.1. The minimum absolute atomic E-state index is 0.118. The monoisotopic (exact) mass is 167 g/mol. The van der Waals surface area contributed by atoms with Crippen LogP contribution in [0.3, 0.4) is 0 Å². The van der Waals surface area contributed by atoms with E-state index in [0.717, 1.165) is 11.3 Å². The van der Waals surface area contributed by atoms with E-state index in [9.17, 15) is 4.79 Å². The van der Waals surface area contributed by atoms with E-state index in [1.54, 1.807) is 6.26 Å². The second-order valence-corrected chi connectivity index (χ2v) is 2.76. The third kappa shape index (κ3) is 1.05. The van der Waals surface area contributed by atoms with Gasteiger partial charge in [0, 0.05) is 0 Å². The highest BCUT2D eigenvalue weighted by molar-refractivity contribution is 5.69. The number of ether oxygens (including phenoxy) is 1. The Labute approximate surface area is 69.5 Å². The second-order valence-electron chi connectivity index (χ2n) is 2.76. The molecule has 1 saturated heterocycles. The van der Waals surface area contributed by atoms with Gasteiger partial charge in [0.2, 0.25) is 0 Å². The third-order valence-corrected chi connectivity index (χ3v) is 1.89. The summed E-state index contributed by atoms with van der Waals surface area (Å²) in [6.07, 6.45) is 1.23. The first-order valence-corrected chi connectivity index (χ1v) is 3.74. The number of cyclic esters (lactones) is 1. The van der Waals surface area contributed by atoms with Crippen LogP contribution in [0.2, 0.25) is 0 Å². The molecule has 0 aromatic carbocycles. The van der Waals surface area contributed by atoms with Gasteiger partial charge in [-0.2, -0.15) is 0 Å². The predicted molar refractivity (Wildman–Crippen MR) is 40.7 cm³/mol. The van der Waals surface area contributed by atoms with Crippen LogP contribution in [0.1, 0.15) is 17.4 Å². The zero-order valence-corrected chi connectivity index (χ0v) is 6.66. The zero-order chi connectivity index (χ0) is 8.55. The van der Waals surface area contributed by atoms with Crippen molar-refractivity contribution in [3.8, 4) is 0 Å². The fourth-order valence-corrected chi connectivity index (χ4v) is 1.27. The number of hydrogen-bond acceptors (Lipinski definition) is 3. The average molecular weight is 167 g/mol. The Morgan fingerprint density at radius 1 is 1.67 bits per heavy atom. The molecule has 0 radical (unpaired) electrons. The molecule has 1 N–H and O–H groups in total. The number of carbonyl (C=O) groups excluding carboxylic acids is 1. The second kappa shape index (κ2) is 2.55. The fourth-order valence-electron chi connectivity index (χ4n) is 1.27. The van der Waals surface area contributed by atoms with Crippen molar-refractivity contribution in [1.82, 2.24) is 5.32 Å². The van der Waals surface area contributed by atoms with Crippen LogP contribution in [-0.4, -0.2) is 12.7 Å². The van der Waals surface area contributed by atoms with Gasteiger partial charge < -0.3 is 14.5 Å². The molecule has 4 heteroatoms. The molecule has 4 nitrogen and oxygen atoms in total. The number of amides is 1. The van der Waals surface area contributed by atoms with Crippen molar-refractivity contribution in [2.75, 3.05) is 6.61 Å². The molecule has 1 aliphatic heterocycles. The first-order chi connectivity index (χ1) is 5.77. The number of rotatable bonds is 1. The van der Waals surface area contributed by atoms with Crippen molar-refractivity contribution in [1.29, 1.82) is 0 Å². The van der Waals surface area contributed by atoms with Crippen molar-refractivity contribution in [2.24, 2.45) is 0 Å². The van der Waals surface area contributed by atoms with E-state index in [1.165, 1.54) is 0 Å². The van der Waals surface area contributed by atoms with Crippen LogP contribution < -0.4 is 5.32 Å². The van der Waals surface area contributed by atoms with Crippen LogP contribution in [0, 0.1) is 6.92 Å². The third-order valence-electron chi connectivity index (χ3n) is 1.89. The zero-order valence-electron chi connectivity index (χ0n) is 6.66. The molecule has 0 aliphatic carbocycles.